The van der Waals surface area contributed by atoms with E-state index >= 15 is 0 Å². The van der Waals surface area contributed by atoms with Crippen LogP contribution in [-0.4, -0.2) is 215 Å². The zero-order chi connectivity index (χ0) is 88.5. The average molecular weight is 1670 g/mol. The molecule has 17 aliphatic rings. The van der Waals surface area contributed by atoms with Crippen molar-refractivity contribution in [1.82, 2.24) is 29.4 Å². The van der Waals surface area contributed by atoms with E-state index in [1.807, 2.05) is 96.9 Å². The van der Waals surface area contributed by atoms with Crippen LogP contribution < -0.4 is 0 Å². The maximum absolute atomic E-state index is 12.7. The number of carbonyl (C=O) groups is 16. The Labute approximate surface area is 704 Å². The van der Waals surface area contributed by atoms with Crippen molar-refractivity contribution in [2.45, 2.75) is 296 Å². The van der Waals surface area contributed by atoms with Crippen LogP contribution in [0.15, 0.2) is 0 Å². The lowest BCUT2D eigenvalue weighted by Gasteiger charge is -2.50. The summed E-state index contributed by atoms with van der Waals surface area (Å²) in [6.07, 6.45) is 21.3. The van der Waals surface area contributed by atoms with Crippen molar-refractivity contribution in [2.24, 2.45) is 128 Å². The first-order valence-electron chi connectivity index (χ1n) is 44.6. The summed E-state index contributed by atoms with van der Waals surface area (Å²) in [6.45, 7) is 36.7. The number of hydrogen-bond donors (Lipinski definition) is 0. The molecule has 12 amide bonds. The molecule has 8 heterocycles. The number of esters is 4. The normalized spacial score (nSPS) is 33.5. The molecule has 17 rings (SSSR count). The van der Waals surface area contributed by atoms with Crippen LogP contribution in [-0.2, 0) is 105 Å². The molecular weight excluding hydrogens is 1530 g/mol. The minimum atomic E-state index is -0.588. The number of rotatable bonds is 14. The largest absolute Gasteiger partial charge is 0.469 e. The van der Waals surface area contributed by atoms with E-state index < -0.39 is 16.2 Å². The van der Waals surface area contributed by atoms with Crippen LogP contribution in [0.3, 0.4) is 0 Å². The molecule has 9 saturated carbocycles. The van der Waals surface area contributed by atoms with Gasteiger partial charge >= 0.3 is 23.9 Å². The second-order valence-electron chi connectivity index (χ2n) is 39.2. The minimum absolute atomic E-state index is 0.00235. The van der Waals surface area contributed by atoms with Crippen LogP contribution in [0.2, 0.25) is 0 Å². The molecule has 0 N–H and O–H groups in total. The highest BCUT2D eigenvalue weighted by molar-refractivity contribution is 6.07. The number of amides is 12. The molecule has 8 aliphatic heterocycles. The molecule has 119 heavy (non-hydrogen) atoms. The van der Waals surface area contributed by atoms with Crippen LogP contribution in [0.25, 0.3) is 0 Å². The van der Waals surface area contributed by atoms with Gasteiger partial charge in [-0.3, -0.25) is 106 Å². The quantitative estimate of drug-likeness (QED) is 0.0885. The van der Waals surface area contributed by atoms with E-state index in [2.05, 4.69) is 14.2 Å². The summed E-state index contributed by atoms with van der Waals surface area (Å²) in [7, 11) is 4.05. The van der Waals surface area contributed by atoms with Gasteiger partial charge in [0.1, 0.15) is 0 Å². The molecule has 17 fully saturated rings. The first kappa shape index (κ1) is 95.5. The van der Waals surface area contributed by atoms with Gasteiger partial charge in [0.2, 0.25) is 65.0 Å². The molecule has 0 aromatic rings. The van der Waals surface area contributed by atoms with E-state index in [1.54, 1.807) is 28.5 Å². The predicted molar refractivity (Wildman–Crippen MR) is 435 cm³/mol. The third kappa shape index (κ3) is 18.6. The Morgan fingerprint density at radius 2 is 0.731 bits per heavy atom. The standard InChI is InChI=1S/C17H25NO2.C16H23NO2.C14H21NO4.C14H21NO2.C11H17NO3.C10H15NO3.3C3H6O2/c1-4-17(2,3)16(20)18-14-12(15(18)19)8-11-9-5-6-10(7-9)13(11)14;1-3-8(2)15(18)17-14-12(16(17)19)7-11-9-4-5-10(6-9)13(11)14;1-4-14(2,3)13(18)19-8-11(16)15-10-7-5-6-9(10)12(15)17;1-4-14(2,3)13(17)15-11-9-6-5-8(7-9)10(11)12(15)16;1-4-11(2,3)10(14)12-8-6-15-5-7(8)9(12)13;1-3-6(2)9(12)11-8-5-14-4-7(8)10(11)13;3*1-3(4)5-2/h9-14H,4-8H2,1-3H3;8-14H,3-7H2,1-2H3;9-10H,4-8H2,1-3H3;8-11H,4-7H2,1-3H3;7-8H,4-6H2,1-3H3;6-8H,3-5H2,1-2H3;3*1-2H3. The summed E-state index contributed by atoms with van der Waals surface area (Å²) >= 11 is 0. The van der Waals surface area contributed by atoms with Gasteiger partial charge in [0.05, 0.1) is 125 Å². The Balaban J connectivity index is 0.000000158. The maximum Gasteiger partial charge on any atom is 0.312 e. The van der Waals surface area contributed by atoms with Crippen LogP contribution >= 0.6 is 0 Å². The average Bonchev–Trinajstić information content (AvgIpc) is 1.60. The minimum Gasteiger partial charge on any atom is -0.469 e. The topological polar surface area (TPSA) is 348 Å². The van der Waals surface area contributed by atoms with E-state index in [0.29, 0.717) is 56.5 Å². The second-order valence-corrected chi connectivity index (χ2v) is 39.2. The number of imide groups is 6. The fourth-order valence-corrected chi connectivity index (χ4v) is 21.7. The molecule has 6 bridgehead atoms. The summed E-state index contributed by atoms with van der Waals surface area (Å²) in [5.41, 5.74) is -1.81. The Morgan fingerprint density at radius 3 is 1.17 bits per heavy atom. The summed E-state index contributed by atoms with van der Waals surface area (Å²) in [6, 6.07) is 0.910. The first-order valence-corrected chi connectivity index (χ1v) is 44.6. The van der Waals surface area contributed by atoms with Crippen LogP contribution in [0.1, 0.15) is 260 Å². The van der Waals surface area contributed by atoms with Crippen molar-refractivity contribution in [1.29, 1.82) is 0 Å². The zero-order valence-corrected chi connectivity index (χ0v) is 75.2. The lowest BCUT2D eigenvalue weighted by Crippen LogP contribution is -2.67. The van der Waals surface area contributed by atoms with Gasteiger partial charge in [-0.15, -0.1) is 0 Å². The van der Waals surface area contributed by atoms with E-state index in [4.69, 9.17) is 14.2 Å². The fraction of sp³-hybridized carbons (Fsp3) is 0.824. The van der Waals surface area contributed by atoms with Gasteiger partial charge in [-0.1, -0.05) is 103 Å². The van der Waals surface area contributed by atoms with Crippen LogP contribution in [0.5, 0.6) is 0 Å². The highest BCUT2D eigenvalue weighted by atomic mass is 16.5. The highest BCUT2D eigenvalue weighted by Gasteiger charge is 2.70. The van der Waals surface area contributed by atoms with Gasteiger partial charge in [-0.05, 0) is 195 Å². The SMILES string of the molecule is CCC(C)(C)C(=O)N1C(=O)C2C3CCC(C3)C21.CCC(C)(C)C(=O)N1C(=O)C2CC3C4CCC(C4)C3C21.CCC(C)(C)C(=O)N1C(=O)C2COCC21.CCC(C)(C)C(=O)OCC(=O)N1C(=O)C2CCCC21.CCC(C)C(=O)N1C(=O)C2CC3C4CCC(C4)C3C21.CCC(C)C(=O)N1C(=O)C2COCC21.COC(C)=O.COC(C)=O.COC(C)=O. The summed E-state index contributed by atoms with van der Waals surface area (Å²) in [5.74, 6) is 6.65. The van der Waals surface area contributed by atoms with Crippen LogP contribution in [0, 0.1) is 128 Å². The first-order chi connectivity index (χ1) is 55.9. The number of β-lactam (4-membered cyclic amide) rings is 6. The second kappa shape index (κ2) is 38.6. The Morgan fingerprint density at radius 1 is 0.378 bits per heavy atom. The number of likely N-dealkylation sites (tertiary alicyclic amines) is 6. The Kier molecular flexibility index (Phi) is 31.0. The number of ether oxygens (including phenoxy) is 6. The molecule has 28 heteroatoms. The molecule has 0 spiro atoms. The van der Waals surface area contributed by atoms with Crippen molar-refractivity contribution in [3.8, 4) is 0 Å². The van der Waals surface area contributed by atoms with Crippen molar-refractivity contribution >= 4 is 94.8 Å². The maximum atomic E-state index is 12.7. The van der Waals surface area contributed by atoms with Gasteiger partial charge in [-0.2, -0.15) is 0 Å². The van der Waals surface area contributed by atoms with Gasteiger partial charge in [-0.25, -0.2) is 0 Å². The molecule has 24 atom stereocenters. The van der Waals surface area contributed by atoms with Gasteiger partial charge in [0, 0.05) is 48.9 Å². The number of hydrogen-bond acceptors (Lipinski definition) is 22. The van der Waals surface area contributed by atoms with Gasteiger partial charge in [0.15, 0.2) is 6.61 Å². The molecule has 666 valence electrons. The van der Waals surface area contributed by atoms with Crippen molar-refractivity contribution in [2.75, 3.05) is 54.4 Å². The number of nitrogens with zero attached hydrogens (tertiary/aromatic N) is 6. The number of methoxy groups -OCH3 is 3. The van der Waals surface area contributed by atoms with Crippen molar-refractivity contribution in [3.05, 3.63) is 0 Å². The van der Waals surface area contributed by atoms with E-state index in [-0.39, 0.29) is 190 Å². The Hall–Kier alpha value is -7.36. The smallest absolute Gasteiger partial charge is 0.312 e. The fourth-order valence-electron chi connectivity index (χ4n) is 21.7. The predicted octanol–water partition coefficient (Wildman–Crippen LogP) is 10.8. The zero-order valence-electron chi connectivity index (χ0n) is 75.2. The lowest BCUT2D eigenvalue weighted by atomic mass is 9.74. The van der Waals surface area contributed by atoms with E-state index in [1.165, 1.54) is 115 Å². The number of carbonyl (C=O) groups excluding carboxylic acids is 16. The third-order valence-corrected chi connectivity index (χ3v) is 31.1. The highest BCUT2D eigenvalue weighted by Crippen LogP contribution is 2.66. The lowest BCUT2D eigenvalue weighted by molar-refractivity contribution is -0.175. The Bertz CT molecular complexity index is 3820. The molecule has 28 nitrogen and oxygen atoms in total. The van der Waals surface area contributed by atoms with E-state index in [9.17, 15) is 76.7 Å². The van der Waals surface area contributed by atoms with Crippen molar-refractivity contribution in [3.63, 3.8) is 0 Å². The molecule has 0 aromatic heterocycles. The van der Waals surface area contributed by atoms with Crippen LogP contribution in [0.4, 0.5) is 0 Å². The summed E-state index contributed by atoms with van der Waals surface area (Å²) < 4.78 is 27.8. The van der Waals surface area contributed by atoms with Gasteiger partial charge < -0.3 is 28.4 Å². The third-order valence-electron chi connectivity index (χ3n) is 31.1. The molecule has 24 unspecified atom stereocenters. The van der Waals surface area contributed by atoms with Gasteiger partial charge in [0.25, 0.3) is 5.91 Å². The molecule has 9 aliphatic carbocycles. The molecular formula is C91H140N6O22. The molecule has 0 aromatic carbocycles. The van der Waals surface area contributed by atoms with Crippen molar-refractivity contribution < 1.29 is 105 Å². The monoisotopic (exact) mass is 1670 g/mol. The molecule has 0 radical (unpaired) electrons. The molecule has 8 saturated heterocycles. The van der Waals surface area contributed by atoms with E-state index in [0.717, 1.165) is 99.7 Å². The summed E-state index contributed by atoms with van der Waals surface area (Å²) in [4.78, 5) is 195. The number of fused-ring (bicyclic) bond motifs is 22. The summed E-state index contributed by atoms with van der Waals surface area (Å²) in [5, 5.41) is 0.